The van der Waals surface area contributed by atoms with E-state index in [1.54, 1.807) is 0 Å². The van der Waals surface area contributed by atoms with Crippen molar-refractivity contribution in [3.63, 3.8) is 0 Å². The smallest absolute Gasteiger partial charge is 0.126 e. The fourth-order valence-electron chi connectivity index (χ4n) is 3.30. The molecule has 0 aromatic heterocycles. The Kier molecular flexibility index (Phi) is 4.20. The minimum absolute atomic E-state index is 0.557. The molecular weight excluding hydrogens is 286 g/mol. The Labute approximate surface area is 137 Å². The van der Waals surface area contributed by atoms with Gasteiger partial charge in [0, 0.05) is 18.5 Å². The first-order valence-electron chi connectivity index (χ1n) is 8.55. The summed E-state index contributed by atoms with van der Waals surface area (Å²) in [6, 6.07) is 17.3. The van der Waals surface area contributed by atoms with Gasteiger partial charge in [-0.2, -0.15) is 0 Å². The van der Waals surface area contributed by atoms with Crippen LogP contribution >= 0.6 is 0 Å². The number of nitrogens with zero attached hydrogens (tertiary/aromatic N) is 1. The van der Waals surface area contributed by atoms with Gasteiger partial charge in [0.2, 0.25) is 0 Å². The van der Waals surface area contributed by atoms with E-state index in [1.165, 1.54) is 30.6 Å². The zero-order valence-corrected chi connectivity index (χ0v) is 13.4. The molecule has 1 unspecified atom stereocenters. The predicted molar refractivity (Wildman–Crippen MR) is 91.3 cm³/mol. The number of rotatable bonds is 5. The van der Waals surface area contributed by atoms with Gasteiger partial charge in [0.25, 0.3) is 0 Å². The molecular formula is C20H23NO2. The second kappa shape index (κ2) is 6.63. The summed E-state index contributed by atoms with van der Waals surface area (Å²) in [6.07, 6.45) is 3.35. The maximum absolute atomic E-state index is 5.98. The van der Waals surface area contributed by atoms with E-state index < -0.39 is 0 Å². The van der Waals surface area contributed by atoms with Gasteiger partial charge >= 0.3 is 0 Å². The largest absolute Gasteiger partial charge is 0.493 e. The number of benzene rings is 2. The Bertz CT molecular complexity index is 652. The summed E-state index contributed by atoms with van der Waals surface area (Å²) in [4.78, 5) is 2.52. The van der Waals surface area contributed by atoms with E-state index in [0.29, 0.717) is 12.6 Å². The van der Waals surface area contributed by atoms with Crippen LogP contribution in [0.4, 0.5) is 0 Å². The first-order valence-corrected chi connectivity index (χ1v) is 8.55. The average molecular weight is 309 g/mol. The van der Waals surface area contributed by atoms with Crippen LogP contribution in [0.5, 0.6) is 11.5 Å². The molecule has 1 fully saturated rings. The molecule has 2 aromatic rings. The molecule has 2 aliphatic rings. The van der Waals surface area contributed by atoms with Crippen molar-refractivity contribution in [2.75, 3.05) is 26.3 Å². The first-order chi connectivity index (χ1) is 11.4. The lowest BCUT2D eigenvalue weighted by atomic mass is 9.99. The topological polar surface area (TPSA) is 21.7 Å². The third-order valence-corrected chi connectivity index (χ3v) is 4.83. The SMILES string of the molecule is c1ccc(CCOc2ccc3c(c2)OCC(N2CCC2)C3)cc1. The highest BCUT2D eigenvalue weighted by Gasteiger charge is 2.28. The van der Waals surface area contributed by atoms with Gasteiger partial charge in [0.05, 0.1) is 6.61 Å². The van der Waals surface area contributed by atoms with Crippen LogP contribution in [0, 0.1) is 0 Å². The van der Waals surface area contributed by atoms with Crippen molar-refractivity contribution >= 4 is 0 Å². The van der Waals surface area contributed by atoms with E-state index in [9.17, 15) is 0 Å². The van der Waals surface area contributed by atoms with E-state index in [4.69, 9.17) is 9.47 Å². The Morgan fingerprint density at radius 1 is 1.09 bits per heavy atom. The monoisotopic (exact) mass is 309 g/mol. The second-order valence-corrected chi connectivity index (χ2v) is 6.41. The normalized spacial score (nSPS) is 20.3. The third-order valence-electron chi connectivity index (χ3n) is 4.83. The van der Waals surface area contributed by atoms with Gasteiger partial charge in [-0.3, -0.25) is 4.90 Å². The molecule has 0 spiro atoms. The van der Waals surface area contributed by atoms with Crippen LogP contribution in [0.1, 0.15) is 17.5 Å². The minimum atomic E-state index is 0.557. The highest BCUT2D eigenvalue weighted by Crippen LogP contribution is 2.31. The molecule has 4 rings (SSSR count). The maximum atomic E-state index is 5.98. The van der Waals surface area contributed by atoms with Crippen molar-refractivity contribution < 1.29 is 9.47 Å². The third kappa shape index (κ3) is 3.35. The number of ether oxygens (including phenoxy) is 2. The Morgan fingerprint density at radius 2 is 1.96 bits per heavy atom. The van der Waals surface area contributed by atoms with Crippen LogP contribution in [0.2, 0.25) is 0 Å². The minimum Gasteiger partial charge on any atom is -0.493 e. The quantitative estimate of drug-likeness (QED) is 0.846. The molecule has 2 heterocycles. The molecule has 0 aliphatic carbocycles. The highest BCUT2D eigenvalue weighted by molar-refractivity contribution is 5.42. The summed E-state index contributed by atoms with van der Waals surface area (Å²) in [5.41, 5.74) is 2.61. The fraction of sp³-hybridized carbons (Fsp3) is 0.400. The molecule has 23 heavy (non-hydrogen) atoms. The van der Waals surface area contributed by atoms with Crippen molar-refractivity contribution in [2.45, 2.75) is 25.3 Å². The summed E-state index contributed by atoms with van der Waals surface area (Å²) in [5, 5.41) is 0. The lowest BCUT2D eigenvalue weighted by molar-refractivity contribution is 0.0691. The van der Waals surface area contributed by atoms with Crippen molar-refractivity contribution in [3.8, 4) is 11.5 Å². The number of likely N-dealkylation sites (tertiary alicyclic amines) is 1. The molecule has 0 amide bonds. The summed E-state index contributed by atoms with van der Waals surface area (Å²) < 4.78 is 11.9. The molecule has 0 saturated carbocycles. The Hall–Kier alpha value is -2.00. The summed E-state index contributed by atoms with van der Waals surface area (Å²) in [6.45, 7) is 3.95. The van der Waals surface area contributed by atoms with Gasteiger partial charge in [-0.15, -0.1) is 0 Å². The number of hydrogen-bond acceptors (Lipinski definition) is 3. The predicted octanol–water partition coefficient (Wildman–Crippen LogP) is 3.32. The van der Waals surface area contributed by atoms with E-state index >= 15 is 0 Å². The van der Waals surface area contributed by atoms with Crippen LogP contribution in [0.25, 0.3) is 0 Å². The van der Waals surface area contributed by atoms with E-state index in [2.05, 4.69) is 41.3 Å². The van der Waals surface area contributed by atoms with Crippen LogP contribution in [-0.2, 0) is 12.8 Å². The van der Waals surface area contributed by atoms with E-state index in [0.717, 1.165) is 30.9 Å². The number of hydrogen-bond donors (Lipinski definition) is 0. The molecule has 0 radical (unpaired) electrons. The summed E-state index contributed by atoms with van der Waals surface area (Å²) in [5.74, 6) is 1.90. The molecule has 2 aromatic carbocycles. The average Bonchev–Trinajstić information content (AvgIpc) is 2.54. The van der Waals surface area contributed by atoms with Gasteiger partial charge < -0.3 is 9.47 Å². The number of fused-ring (bicyclic) bond motifs is 1. The van der Waals surface area contributed by atoms with Crippen molar-refractivity contribution in [1.82, 2.24) is 4.90 Å². The van der Waals surface area contributed by atoms with Gasteiger partial charge in [-0.25, -0.2) is 0 Å². The molecule has 1 atom stereocenters. The fourth-order valence-corrected chi connectivity index (χ4v) is 3.30. The zero-order chi connectivity index (χ0) is 15.5. The van der Waals surface area contributed by atoms with Crippen LogP contribution in [-0.4, -0.2) is 37.2 Å². The van der Waals surface area contributed by atoms with Gasteiger partial charge in [-0.05, 0) is 43.1 Å². The summed E-state index contributed by atoms with van der Waals surface area (Å²) >= 11 is 0. The molecule has 0 N–H and O–H groups in total. The van der Waals surface area contributed by atoms with Crippen LogP contribution in [0.15, 0.2) is 48.5 Å². The van der Waals surface area contributed by atoms with Gasteiger partial charge in [0.15, 0.2) is 0 Å². The van der Waals surface area contributed by atoms with Crippen molar-refractivity contribution in [2.24, 2.45) is 0 Å². The van der Waals surface area contributed by atoms with Crippen molar-refractivity contribution in [3.05, 3.63) is 59.7 Å². The van der Waals surface area contributed by atoms with E-state index in [-0.39, 0.29) is 0 Å². The van der Waals surface area contributed by atoms with Gasteiger partial charge in [0.1, 0.15) is 18.1 Å². The Morgan fingerprint density at radius 3 is 2.74 bits per heavy atom. The molecule has 2 aliphatic heterocycles. The molecule has 3 nitrogen and oxygen atoms in total. The molecule has 0 bridgehead atoms. The Balaban J connectivity index is 1.34. The van der Waals surface area contributed by atoms with E-state index in [1.807, 2.05) is 12.1 Å². The molecule has 120 valence electrons. The zero-order valence-electron chi connectivity index (χ0n) is 13.4. The van der Waals surface area contributed by atoms with Gasteiger partial charge in [-0.1, -0.05) is 36.4 Å². The molecule has 1 saturated heterocycles. The first kappa shape index (κ1) is 14.6. The maximum Gasteiger partial charge on any atom is 0.126 e. The second-order valence-electron chi connectivity index (χ2n) is 6.41. The standard InChI is InChI=1S/C20H23NO2/c1-2-5-16(6-3-1)9-12-22-19-8-7-17-13-18(21-10-4-11-21)15-23-20(17)14-19/h1-3,5-8,14,18H,4,9-13,15H2. The lowest BCUT2D eigenvalue weighted by Crippen LogP contribution is -2.50. The lowest BCUT2D eigenvalue weighted by Gasteiger charge is -2.40. The molecule has 3 heteroatoms. The van der Waals surface area contributed by atoms with Crippen molar-refractivity contribution in [1.29, 1.82) is 0 Å². The highest BCUT2D eigenvalue weighted by atomic mass is 16.5. The van der Waals surface area contributed by atoms with Crippen LogP contribution in [0.3, 0.4) is 0 Å². The van der Waals surface area contributed by atoms with Crippen LogP contribution < -0.4 is 9.47 Å². The summed E-state index contributed by atoms with van der Waals surface area (Å²) in [7, 11) is 0.